The molecule has 0 bridgehead atoms. The minimum atomic E-state index is -3.12. The molecule has 2 aromatic carbocycles. The van der Waals surface area contributed by atoms with E-state index in [1.165, 1.54) is 6.07 Å². The van der Waals surface area contributed by atoms with E-state index in [2.05, 4.69) is 0 Å². The van der Waals surface area contributed by atoms with Gasteiger partial charge < -0.3 is 4.90 Å². The van der Waals surface area contributed by atoms with Crippen LogP contribution in [0.25, 0.3) is 0 Å². The van der Waals surface area contributed by atoms with Crippen molar-refractivity contribution in [1.82, 2.24) is 4.90 Å². The van der Waals surface area contributed by atoms with E-state index < -0.39 is 9.84 Å². The quantitative estimate of drug-likeness (QED) is 0.760. The van der Waals surface area contributed by atoms with Crippen molar-refractivity contribution in [3.63, 3.8) is 0 Å². The van der Waals surface area contributed by atoms with Crippen molar-refractivity contribution in [3.05, 3.63) is 66.0 Å². The largest absolute Gasteiger partial charge is 0.307 e. The van der Waals surface area contributed by atoms with Crippen LogP contribution >= 0.6 is 0 Å². The van der Waals surface area contributed by atoms with E-state index in [9.17, 15) is 17.6 Å². The minimum absolute atomic E-state index is 0.0232. The van der Waals surface area contributed by atoms with Gasteiger partial charge in [0.2, 0.25) is 5.91 Å². The van der Waals surface area contributed by atoms with Crippen molar-refractivity contribution in [2.24, 2.45) is 0 Å². The standard InChI is InChI=1S/C20H23FN2O3S/c1-22(13-16-7-5-6-10-19(16)21)14-20(24)23(17-8-3-2-4-9-17)18-11-12-27(25,26)15-18/h2-10,18H,11-15H2,1H3. The van der Waals surface area contributed by atoms with Gasteiger partial charge in [0.25, 0.3) is 0 Å². The Balaban J connectivity index is 1.76. The van der Waals surface area contributed by atoms with Gasteiger partial charge >= 0.3 is 0 Å². The minimum Gasteiger partial charge on any atom is -0.307 e. The summed E-state index contributed by atoms with van der Waals surface area (Å²) in [6, 6.07) is 15.2. The fourth-order valence-corrected chi connectivity index (χ4v) is 5.11. The average Bonchev–Trinajstić information content (AvgIpc) is 2.97. The SMILES string of the molecule is CN(CC(=O)N(c1ccccc1)C1CCS(=O)(=O)C1)Cc1ccccc1F. The molecule has 0 N–H and O–H groups in total. The number of rotatable bonds is 6. The molecule has 1 fully saturated rings. The van der Waals surface area contributed by atoms with Crippen LogP contribution < -0.4 is 4.90 Å². The molecule has 1 atom stereocenters. The van der Waals surface area contributed by atoms with Crippen LogP contribution in [0, 0.1) is 5.82 Å². The van der Waals surface area contributed by atoms with Crippen molar-refractivity contribution >= 4 is 21.4 Å². The Kier molecular flexibility index (Phi) is 5.92. The van der Waals surface area contributed by atoms with Crippen LogP contribution in [0.4, 0.5) is 10.1 Å². The van der Waals surface area contributed by atoms with Gasteiger partial charge in [0.15, 0.2) is 9.84 Å². The Labute approximate surface area is 159 Å². The maximum absolute atomic E-state index is 13.9. The number of amides is 1. The number of nitrogens with zero attached hydrogens (tertiary/aromatic N) is 2. The number of benzene rings is 2. The molecule has 1 amide bonds. The van der Waals surface area contributed by atoms with E-state index in [0.29, 0.717) is 24.2 Å². The van der Waals surface area contributed by atoms with E-state index in [0.717, 1.165) is 0 Å². The summed E-state index contributed by atoms with van der Waals surface area (Å²) in [7, 11) is -1.37. The predicted molar refractivity (Wildman–Crippen MR) is 104 cm³/mol. The van der Waals surface area contributed by atoms with Crippen LogP contribution in [-0.4, -0.2) is 50.4 Å². The van der Waals surface area contributed by atoms with Gasteiger partial charge in [0, 0.05) is 17.8 Å². The molecule has 144 valence electrons. The summed E-state index contributed by atoms with van der Waals surface area (Å²) in [5.74, 6) is -0.426. The average molecular weight is 390 g/mol. The molecule has 3 rings (SSSR count). The molecule has 0 spiro atoms. The maximum atomic E-state index is 13.9. The van der Waals surface area contributed by atoms with Gasteiger partial charge in [0.1, 0.15) is 5.82 Å². The van der Waals surface area contributed by atoms with E-state index in [4.69, 9.17) is 0 Å². The van der Waals surface area contributed by atoms with Gasteiger partial charge in [0.05, 0.1) is 24.1 Å². The zero-order chi connectivity index (χ0) is 19.4. The lowest BCUT2D eigenvalue weighted by molar-refractivity contribution is -0.120. The zero-order valence-corrected chi connectivity index (χ0v) is 16.0. The Morgan fingerprint density at radius 3 is 2.41 bits per heavy atom. The molecule has 27 heavy (non-hydrogen) atoms. The van der Waals surface area contributed by atoms with Crippen molar-refractivity contribution in [2.45, 2.75) is 19.0 Å². The smallest absolute Gasteiger partial charge is 0.241 e. The molecule has 0 aromatic heterocycles. The third-order valence-corrected chi connectivity index (χ3v) is 6.43. The normalized spacial score (nSPS) is 18.6. The van der Waals surface area contributed by atoms with E-state index >= 15 is 0 Å². The van der Waals surface area contributed by atoms with E-state index in [-0.39, 0.29) is 35.8 Å². The van der Waals surface area contributed by atoms with Crippen molar-refractivity contribution in [3.8, 4) is 0 Å². The number of carbonyl (C=O) groups excluding carboxylic acids is 1. The van der Waals surface area contributed by atoms with Crippen LogP contribution in [0.2, 0.25) is 0 Å². The summed E-state index contributed by atoms with van der Waals surface area (Å²) in [4.78, 5) is 16.3. The monoisotopic (exact) mass is 390 g/mol. The van der Waals surface area contributed by atoms with Crippen LogP contribution in [0.3, 0.4) is 0 Å². The molecule has 0 saturated carbocycles. The zero-order valence-electron chi connectivity index (χ0n) is 15.2. The van der Waals surface area contributed by atoms with E-state index in [1.807, 2.05) is 18.2 Å². The molecule has 2 aromatic rings. The molecular formula is C20H23FN2O3S. The number of hydrogen-bond donors (Lipinski definition) is 0. The first kappa shape index (κ1) is 19.5. The van der Waals surface area contributed by atoms with Gasteiger partial charge in [-0.05, 0) is 31.7 Å². The molecular weight excluding hydrogens is 367 g/mol. The number of carbonyl (C=O) groups is 1. The number of para-hydroxylation sites is 1. The first-order valence-corrected chi connectivity index (χ1v) is 10.7. The highest BCUT2D eigenvalue weighted by atomic mass is 32.2. The van der Waals surface area contributed by atoms with Gasteiger partial charge in [-0.15, -0.1) is 0 Å². The lowest BCUT2D eigenvalue weighted by Gasteiger charge is -2.30. The summed E-state index contributed by atoms with van der Waals surface area (Å²) >= 11 is 0. The summed E-state index contributed by atoms with van der Waals surface area (Å²) in [5.41, 5.74) is 1.20. The lowest BCUT2D eigenvalue weighted by Crippen LogP contribution is -2.45. The Morgan fingerprint density at radius 2 is 1.78 bits per heavy atom. The van der Waals surface area contributed by atoms with Gasteiger partial charge in [-0.3, -0.25) is 9.69 Å². The Hall–Kier alpha value is -2.25. The Morgan fingerprint density at radius 1 is 1.11 bits per heavy atom. The van der Waals surface area contributed by atoms with Crippen LogP contribution in [0.15, 0.2) is 54.6 Å². The van der Waals surface area contributed by atoms with E-state index in [1.54, 1.807) is 47.2 Å². The molecule has 1 aliphatic heterocycles. The molecule has 1 aliphatic rings. The fraction of sp³-hybridized carbons (Fsp3) is 0.350. The van der Waals surface area contributed by atoms with Crippen molar-refractivity contribution in [1.29, 1.82) is 0 Å². The number of anilines is 1. The number of hydrogen-bond acceptors (Lipinski definition) is 4. The van der Waals surface area contributed by atoms with Gasteiger partial charge in [-0.1, -0.05) is 36.4 Å². The predicted octanol–water partition coefficient (Wildman–Crippen LogP) is 2.48. The first-order valence-electron chi connectivity index (χ1n) is 8.85. The van der Waals surface area contributed by atoms with Gasteiger partial charge in [-0.25, -0.2) is 12.8 Å². The number of sulfone groups is 1. The van der Waals surface area contributed by atoms with Crippen LogP contribution in [0.5, 0.6) is 0 Å². The van der Waals surface area contributed by atoms with Crippen LogP contribution in [0.1, 0.15) is 12.0 Å². The molecule has 0 aliphatic carbocycles. The molecule has 1 saturated heterocycles. The highest BCUT2D eigenvalue weighted by Gasteiger charge is 2.35. The summed E-state index contributed by atoms with van der Waals surface area (Å²) in [6.45, 7) is 0.365. The molecule has 5 nitrogen and oxygen atoms in total. The second-order valence-corrected chi connectivity index (χ2v) is 9.15. The highest BCUT2D eigenvalue weighted by Crippen LogP contribution is 2.25. The second-order valence-electron chi connectivity index (χ2n) is 6.92. The highest BCUT2D eigenvalue weighted by molar-refractivity contribution is 7.91. The van der Waals surface area contributed by atoms with Crippen molar-refractivity contribution in [2.75, 3.05) is 30.0 Å². The second kappa shape index (κ2) is 8.19. The third-order valence-electron chi connectivity index (χ3n) is 4.68. The molecule has 7 heteroatoms. The van der Waals surface area contributed by atoms with Crippen LogP contribution in [-0.2, 0) is 21.2 Å². The Bertz CT molecular complexity index is 902. The van der Waals surface area contributed by atoms with Gasteiger partial charge in [-0.2, -0.15) is 0 Å². The topological polar surface area (TPSA) is 57.7 Å². The van der Waals surface area contributed by atoms with Crippen molar-refractivity contribution < 1.29 is 17.6 Å². The first-order chi connectivity index (χ1) is 12.9. The number of likely N-dealkylation sites (N-methyl/N-ethyl adjacent to an activating group) is 1. The molecule has 1 heterocycles. The third kappa shape index (κ3) is 4.93. The summed E-state index contributed by atoms with van der Waals surface area (Å²) < 4.78 is 37.7. The fourth-order valence-electron chi connectivity index (χ4n) is 3.41. The summed E-state index contributed by atoms with van der Waals surface area (Å²) in [5, 5.41) is 0. The molecule has 1 unspecified atom stereocenters. The summed E-state index contributed by atoms with van der Waals surface area (Å²) in [6.07, 6.45) is 0.431. The maximum Gasteiger partial charge on any atom is 0.241 e. The number of halogens is 1. The lowest BCUT2D eigenvalue weighted by atomic mass is 10.1. The molecule has 0 radical (unpaired) electrons.